The first-order chi connectivity index (χ1) is 10.7. The summed E-state index contributed by atoms with van der Waals surface area (Å²) in [6, 6.07) is 0. The van der Waals surface area contributed by atoms with Gasteiger partial charge in [0.25, 0.3) is 0 Å². The zero-order chi connectivity index (χ0) is 16.5. The highest BCUT2D eigenvalue weighted by atomic mass is 16.2. The number of carbonyl (C=O) groups excluding carboxylic acids is 1. The van der Waals surface area contributed by atoms with Crippen molar-refractivity contribution in [1.82, 2.24) is 10.2 Å². The van der Waals surface area contributed by atoms with Crippen LogP contribution in [0, 0.1) is 0 Å². The Morgan fingerprint density at radius 3 is 2.41 bits per heavy atom. The molecule has 0 unspecified atom stereocenters. The smallest absolute Gasteiger partial charge is 0.223 e. The molecule has 0 bridgehead atoms. The van der Waals surface area contributed by atoms with Crippen molar-refractivity contribution in [2.75, 3.05) is 33.3 Å². The molecule has 22 heavy (non-hydrogen) atoms. The number of carbonyl (C=O) groups is 1. The fourth-order valence-corrected chi connectivity index (χ4v) is 2.25. The molecule has 2 N–H and O–H groups in total. The van der Waals surface area contributed by atoms with Crippen molar-refractivity contribution >= 4 is 5.91 Å². The fourth-order valence-electron chi connectivity index (χ4n) is 2.25. The lowest BCUT2D eigenvalue weighted by Gasteiger charge is -2.16. The van der Waals surface area contributed by atoms with Gasteiger partial charge in [-0.15, -0.1) is 0 Å². The minimum Gasteiger partial charge on any atom is -0.396 e. The maximum absolute atomic E-state index is 11.6. The average Bonchev–Trinajstić information content (AvgIpc) is 2.51. The van der Waals surface area contributed by atoms with E-state index in [1.54, 1.807) is 0 Å². The van der Waals surface area contributed by atoms with Crippen LogP contribution in [-0.4, -0.2) is 49.2 Å². The van der Waals surface area contributed by atoms with Gasteiger partial charge in [-0.25, -0.2) is 0 Å². The van der Waals surface area contributed by atoms with E-state index in [0.29, 0.717) is 13.0 Å². The van der Waals surface area contributed by atoms with E-state index in [-0.39, 0.29) is 5.91 Å². The van der Waals surface area contributed by atoms with Crippen molar-refractivity contribution in [3.8, 4) is 0 Å². The summed E-state index contributed by atoms with van der Waals surface area (Å²) in [5.74, 6) is 0.115. The molecule has 0 saturated heterocycles. The summed E-state index contributed by atoms with van der Waals surface area (Å²) >= 11 is 0. The number of unbranched alkanes of at least 4 members (excludes halogenated alkanes) is 6. The Labute approximate surface area is 137 Å². The quantitative estimate of drug-likeness (QED) is 0.361. The third kappa shape index (κ3) is 15.5. The maximum Gasteiger partial charge on any atom is 0.223 e. The van der Waals surface area contributed by atoms with Gasteiger partial charge >= 0.3 is 0 Å². The van der Waals surface area contributed by atoms with Gasteiger partial charge in [0.15, 0.2) is 0 Å². The van der Waals surface area contributed by atoms with E-state index in [2.05, 4.69) is 30.3 Å². The number of likely N-dealkylation sites (N-methyl/N-ethyl adjacent to an activating group) is 1. The summed E-state index contributed by atoms with van der Waals surface area (Å²) in [4.78, 5) is 13.9. The number of allylic oxidation sites excluding steroid dienone is 1. The molecule has 0 aromatic carbocycles. The normalized spacial score (nSPS) is 11.5. The van der Waals surface area contributed by atoms with E-state index < -0.39 is 0 Å². The summed E-state index contributed by atoms with van der Waals surface area (Å²) in [5, 5.41) is 11.7. The molecule has 0 saturated carbocycles. The van der Waals surface area contributed by atoms with Crippen LogP contribution in [0.25, 0.3) is 0 Å². The Bertz CT molecular complexity index is 280. The second kappa shape index (κ2) is 16.5. The van der Waals surface area contributed by atoms with Gasteiger partial charge in [-0.2, -0.15) is 0 Å². The number of aliphatic hydroxyl groups excluding tert-OH is 1. The van der Waals surface area contributed by atoms with Crippen LogP contribution >= 0.6 is 0 Å². The zero-order valence-electron chi connectivity index (χ0n) is 14.6. The number of hydrogen-bond donors (Lipinski definition) is 2. The molecule has 0 fully saturated rings. The third-order valence-electron chi connectivity index (χ3n) is 3.69. The lowest BCUT2D eigenvalue weighted by Crippen LogP contribution is -2.33. The molecule has 0 atom stereocenters. The van der Waals surface area contributed by atoms with Crippen molar-refractivity contribution in [1.29, 1.82) is 0 Å². The van der Waals surface area contributed by atoms with E-state index in [1.807, 2.05) is 6.08 Å². The molecule has 0 aliphatic rings. The highest BCUT2D eigenvalue weighted by Crippen LogP contribution is 2.05. The van der Waals surface area contributed by atoms with Crippen LogP contribution in [0.2, 0.25) is 0 Å². The highest BCUT2D eigenvalue weighted by molar-refractivity contribution is 5.77. The standard InChI is InChI=1S/C18H36N2O2/c1-3-4-5-10-13-18(22)19-14-16-20(2)15-11-8-6-7-9-12-17-21/h5,10,21H,3-4,6-9,11-17H2,1-2H3,(H,19,22)/b10-5+. The summed E-state index contributed by atoms with van der Waals surface area (Å²) in [6.45, 7) is 5.19. The molecule has 4 heteroatoms. The van der Waals surface area contributed by atoms with Crippen LogP contribution in [0.1, 0.15) is 64.7 Å². The van der Waals surface area contributed by atoms with Gasteiger partial charge in [-0.05, 0) is 32.9 Å². The Morgan fingerprint density at radius 1 is 1.05 bits per heavy atom. The van der Waals surface area contributed by atoms with E-state index in [1.165, 1.54) is 25.7 Å². The first-order valence-corrected chi connectivity index (χ1v) is 8.91. The number of aliphatic hydroxyl groups is 1. The molecular formula is C18H36N2O2. The Morgan fingerprint density at radius 2 is 1.73 bits per heavy atom. The molecule has 0 aliphatic carbocycles. The number of nitrogens with zero attached hydrogens (tertiary/aromatic N) is 1. The van der Waals surface area contributed by atoms with E-state index in [4.69, 9.17) is 5.11 Å². The number of rotatable bonds is 15. The van der Waals surface area contributed by atoms with Gasteiger partial charge in [-0.1, -0.05) is 51.2 Å². The minimum absolute atomic E-state index is 0.115. The molecule has 0 heterocycles. The average molecular weight is 312 g/mol. The van der Waals surface area contributed by atoms with Crippen LogP contribution in [0.15, 0.2) is 12.2 Å². The summed E-state index contributed by atoms with van der Waals surface area (Å²) in [6.07, 6.45) is 13.7. The van der Waals surface area contributed by atoms with Gasteiger partial charge in [0.2, 0.25) is 5.91 Å². The number of hydrogen-bond acceptors (Lipinski definition) is 3. The minimum atomic E-state index is 0.115. The van der Waals surface area contributed by atoms with E-state index in [9.17, 15) is 4.79 Å². The SMILES string of the molecule is CCC/C=C/CC(=O)NCCN(C)CCCCCCCCO. The zero-order valence-corrected chi connectivity index (χ0v) is 14.6. The fraction of sp³-hybridized carbons (Fsp3) is 0.833. The van der Waals surface area contributed by atoms with Crippen molar-refractivity contribution in [2.24, 2.45) is 0 Å². The van der Waals surface area contributed by atoms with Crippen LogP contribution in [0.4, 0.5) is 0 Å². The predicted octanol–water partition coefficient (Wildman–Crippen LogP) is 3.11. The molecule has 0 aliphatic heterocycles. The lowest BCUT2D eigenvalue weighted by atomic mass is 10.1. The molecule has 0 radical (unpaired) electrons. The first kappa shape index (κ1) is 21.1. The molecule has 130 valence electrons. The predicted molar refractivity (Wildman–Crippen MR) is 94.0 cm³/mol. The molecule has 0 spiro atoms. The number of amides is 1. The Hall–Kier alpha value is -0.870. The largest absolute Gasteiger partial charge is 0.396 e. The Balaban J connectivity index is 3.38. The summed E-state index contributed by atoms with van der Waals surface area (Å²) in [7, 11) is 2.11. The molecular weight excluding hydrogens is 276 g/mol. The summed E-state index contributed by atoms with van der Waals surface area (Å²) in [5.41, 5.74) is 0. The van der Waals surface area contributed by atoms with Gasteiger partial charge in [0, 0.05) is 26.1 Å². The lowest BCUT2D eigenvalue weighted by molar-refractivity contribution is -0.120. The second-order valence-electron chi connectivity index (χ2n) is 5.96. The molecule has 0 aromatic heterocycles. The van der Waals surface area contributed by atoms with Crippen molar-refractivity contribution in [2.45, 2.75) is 64.7 Å². The topological polar surface area (TPSA) is 52.6 Å². The highest BCUT2D eigenvalue weighted by Gasteiger charge is 2.01. The van der Waals surface area contributed by atoms with Gasteiger partial charge in [-0.3, -0.25) is 4.79 Å². The van der Waals surface area contributed by atoms with Gasteiger partial charge < -0.3 is 15.3 Å². The monoisotopic (exact) mass is 312 g/mol. The van der Waals surface area contributed by atoms with Crippen LogP contribution in [-0.2, 0) is 4.79 Å². The van der Waals surface area contributed by atoms with Crippen molar-refractivity contribution in [3.05, 3.63) is 12.2 Å². The molecule has 1 amide bonds. The van der Waals surface area contributed by atoms with E-state index >= 15 is 0 Å². The Kier molecular flexibility index (Phi) is 15.8. The van der Waals surface area contributed by atoms with Gasteiger partial charge in [0.05, 0.1) is 0 Å². The van der Waals surface area contributed by atoms with Gasteiger partial charge in [0.1, 0.15) is 0 Å². The van der Waals surface area contributed by atoms with Crippen molar-refractivity contribution in [3.63, 3.8) is 0 Å². The number of nitrogens with one attached hydrogen (secondary N) is 1. The van der Waals surface area contributed by atoms with E-state index in [0.717, 1.165) is 45.3 Å². The summed E-state index contributed by atoms with van der Waals surface area (Å²) < 4.78 is 0. The second-order valence-corrected chi connectivity index (χ2v) is 5.96. The first-order valence-electron chi connectivity index (χ1n) is 8.91. The van der Waals surface area contributed by atoms with Crippen LogP contribution < -0.4 is 5.32 Å². The maximum atomic E-state index is 11.6. The molecule has 4 nitrogen and oxygen atoms in total. The van der Waals surface area contributed by atoms with Crippen molar-refractivity contribution < 1.29 is 9.90 Å². The third-order valence-corrected chi connectivity index (χ3v) is 3.69. The van der Waals surface area contributed by atoms with Crippen LogP contribution in [0.3, 0.4) is 0 Å². The van der Waals surface area contributed by atoms with Crippen LogP contribution in [0.5, 0.6) is 0 Å². The molecule has 0 aromatic rings. The molecule has 0 rings (SSSR count).